The van der Waals surface area contributed by atoms with Crippen LogP contribution in [0.15, 0.2) is 0 Å². The van der Waals surface area contributed by atoms with Crippen molar-refractivity contribution in [1.82, 2.24) is 0 Å². The highest BCUT2D eigenvalue weighted by atomic mass is 14.8. The third kappa shape index (κ3) is 2.70. The average Bonchev–Trinajstić information content (AvgIpc) is 2.33. The molecule has 1 heteroatoms. The van der Waals surface area contributed by atoms with Gasteiger partial charge in [0.15, 0.2) is 0 Å². The Morgan fingerprint density at radius 2 is 1.62 bits per heavy atom. The van der Waals surface area contributed by atoms with E-state index in [2.05, 4.69) is 41.5 Å². The molecule has 0 saturated heterocycles. The summed E-state index contributed by atoms with van der Waals surface area (Å²) in [6, 6.07) is 0. The van der Waals surface area contributed by atoms with E-state index >= 15 is 0 Å². The molecule has 0 spiro atoms. The first-order valence-electron chi connectivity index (χ1n) is 5.33. The molecule has 0 bridgehead atoms. The van der Waals surface area contributed by atoms with Crippen LogP contribution in [0.5, 0.6) is 0 Å². The number of nitrogens with two attached hydrogens (primary N) is 1. The van der Waals surface area contributed by atoms with Crippen molar-refractivity contribution in [3.63, 3.8) is 0 Å². The topological polar surface area (TPSA) is 26.0 Å². The lowest BCUT2D eigenvalue weighted by Gasteiger charge is -2.33. The fraction of sp³-hybridized carbons (Fsp3) is 1.00. The quantitative estimate of drug-likeness (QED) is 0.699. The van der Waals surface area contributed by atoms with E-state index in [-0.39, 0.29) is 5.54 Å². The molecule has 2 N–H and O–H groups in total. The molecule has 0 aromatic carbocycles. The molecule has 0 radical (unpaired) electrons. The SMILES string of the molecule is CC(C)(C)CC(C)(N)C1CC1(C)C. The van der Waals surface area contributed by atoms with Crippen LogP contribution < -0.4 is 5.73 Å². The molecule has 1 rings (SSSR count). The average molecular weight is 183 g/mol. The van der Waals surface area contributed by atoms with Gasteiger partial charge in [-0.1, -0.05) is 34.6 Å². The first-order valence-corrected chi connectivity index (χ1v) is 5.33. The van der Waals surface area contributed by atoms with E-state index in [1.54, 1.807) is 0 Å². The van der Waals surface area contributed by atoms with Gasteiger partial charge in [0, 0.05) is 5.54 Å². The third-order valence-corrected chi connectivity index (χ3v) is 3.22. The molecule has 1 nitrogen and oxygen atoms in total. The second-order valence-electron chi connectivity index (χ2n) is 6.99. The van der Waals surface area contributed by atoms with E-state index in [1.807, 2.05) is 0 Å². The summed E-state index contributed by atoms with van der Waals surface area (Å²) in [6.45, 7) is 13.7. The van der Waals surface area contributed by atoms with Gasteiger partial charge in [-0.15, -0.1) is 0 Å². The lowest BCUT2D eigenvalue weighted by Crippen LogP contribution is -2.43. The molecule has 0 heterocycles. The molecule has 1 saturated carbocycles. The van der Waals surface area contributed by atoms with Gasteiger partial charge < -0.3 is 5.73 Å². The molecule has 1 aliphatic carbocycles. The normalized spacial score (nSPS) is 31.2. The van der Waals surface area contributed by atoms with E-state index < -0.39 is 0 Å². The van der Waals surface area contributed by atoms with Gasteiger partial charge in [-0.25, -0.2) is 0 Å². The van der Waals surface area contributed by atoms with Gasteiger partial charge in [-0.2, -0.15) is 0 Å². The Hall–Kier alpha value is -0.0400. The van der Waals surface area contributed by atoms with Crippen LogP contribution in [0.3, 0.4) is 0 Å². The number of hydrogen-bond donors (Lipinski definition) is 1. The summed E-state index contributed by atoms with van der Waals surface area (Å²) in [5.41, 5.74) is 7.26. The smallest absolute Gasteiger partial charge is 0.0164 e. The highest BCUT2D eigenvalue weighted by molar-refractivity contribution is 5.08. The minimum Gasteiger partial charge on any atom is -0.325 e. The molecule has 2 unspecified atom stereocenters. The van der Waals surface area contributed by atoms with Crippen molar-refractivity contribution < 1.29 is 0 Å². The van der Waals surface area contributed by atoms with Gasteiger partial charge in [0.2, 0.25) is 0 Å². The molecule has 0 aromatic heterocycles. The van der Waals surface area contributed by atoms with E-state index in [1.165, 1.54) is 6.42 Å². The Morgan fingerprint density at radius 1 is 1.23 bits per heavy atom. The highest BCUT2D eigenvalue weighted by Gasteiger charge is 2.54. The molecule has 13 heavy (non-hydrogen) atoms. The lowest BCUT2D eigenvalue weighted by atomic mass is 9.77. The van der Waals surface area contributed by atoms with E-state index in [4.69, 9.17) is 5.73 Å². The van der Waals surface area contributed by atoms with Crippen LogP contribution >= 0.6 is 0 Å². The number of rotatable bonds is 2. The number of hydrogen-bond acceptors (Lipinski definition) is 1. The second kappa shape index (κ2) is 2.73. The molecule has 0 aliphatic heterocycles. The predicted molar refractivity (Wildman–Crippen MR) is 58.6 cm³/mol. The Kier molecular flexibility index (Phi) is 2.31. The van der Waals surface area contributed by atoms with Crippen molar-refractivity contribution >= 4 is 0 Å². The Balaban J connectivity index is 2.58. The maximum Gasteiger partial charge on any atom is 0.0164 e. The van der Waals surface area contributed by atoms with Crippen molar-refractivity contribution in [2.24, 2.45) is 22.5 Å². The monoisotopic (exact) mass is 183 g/mol. The van der Waals surface area contributed by atoms with Crippen LogP contribution in [0.1, 0.15) is 54.4 Å². The molecule has 1 aliphatic rings. The Morgan fingerprint density at radius 3 is 1.85 bits per heavy atom. The molecule has 0 aromatic rings. The molecular weight excluding hydrogens is 158 g/mol. The van der Waals surface area contributed by atoms with Gasteiger partial charge in [0.05, 0.1) is 0 Å². The van der Waals surface area contributed by atoms with Gasteiger partial charge in [0.1, 0.15) is 0 Å². The van der Waals surface area contributed by atoms with Gasteiger partial charge >= 0.3 is 0 Å². The summed E-state index contributed by atoms with van der Waals surface area (Å²) in [5.74, 6) is 0.722. The summed E-state index contributed by atoms with van der Waals surface area (Å²) < 4.78 is 0. The van der Waals surface area contributed by atoms with Crippen molar-refractivity contribution in [2.45, 2.75) is 59.9 Å². The first-order chi connectivity index (χ1) is 5.55. The maximum absolute atomic E-state index is 6.38. The molecule has 1 fully saturated rings. The van der Waals surface area contributed by atoms with Gasteiger partial charge in [-0.05, 0) is 36.5 Å². The highest BCUT2D eigenvalue weighted by Crippen LogP contribution is 2.58. The maximum atomic E-state index is 6.38. The molecule has 78 valence electrons. The summed E-state index contributed by atoms with van der Waals surface area (Å²) >= 11 is 0. The fourth-order valence-electron chi connectivity index (χ4n) is 2.86. The largest absolute Gasteiger partial charge is 0.325 e. The fourth-order valence-corrected chi connectivity index (χ4v) is 2.86. The lowest BCUT2D eigenvalue weighted by molar-refractivity contribution is 0.228. The molecule has 0 amide bonds. The van der Waals surface area contributed by atoms with E-state index in [0.717, 1.165) is 12.3 Å². The minimum absolute atomic E-state index is 0.0295. The predicted octanol–water partition coefficient (Wildman–Crippen LogP) is 3.19. The van der Waals surface area contributed by atoms with Crippen LogP contribution in [0.25, 0.3) is 0 Å². The summed E-state index contributed by atoms with van der Waals surface area (Å²) in [4.78, 5) is 0. The van der Waals surface area contributed by atoms with Crippen LogP contribution in [-0.4, -0.2) is 5.54 Å². The van der Waals surface area contributed by atoms with Crippen molar-refractivity contribution in [3.05, 3.63) is 0 Å². The Labute approximate surface area is 83.1 Å². The molecular formula is C12H25N. The summed E-state index contributed by atoms with van der Waals surface area (Å²) in [7, 11) is 0. The zero-order valence-corrected chi connectivity index (χ0v) is 10.1. The van der Waals surface area contributed by atoms with Gasteiger partial charge in [0.25, 0.3) is 0 Å². The van der Waals surface area contributed by atoms with Crippen molar-refractivity contribution in [3.8, 4) is 0 Å². The van der Waals surface area contributed by atoms with Crippen LogP contribution in [-0.2, 0) is 0 Å². The van der Waals surface area contributed by atoms with Gasteiger partial charge in [-0.3, -0.25) is 0 Å². The van der Waals surface area contributed by atoms with Crippen molar-refractivity contribution in [1.29, 1.82) is 0 Å². The third-order valence-electron chi connectivity index (χ3n) is 3.22. The first kappa shape index (κ1) is 11.0. The van der Waals surface area contributed by atoms with E-state index in [9.17, 15) is 0 Å². The summed E-state index contributed by atoms with van der Waals surface area (Å²) in [6.07, 6.45) is 2.42. The molecule has 2 atom stereocenters. The minimum atomic E-state index is 0.0295. The zero-order valence-electron chi connectivity index (χ0n) is 10.1. The Bertz CT molecular complexity index is 196. The van der Waals surface area contributed by atoms with Crippen LogP contribution in [0, 0.1) is 16.7 Å². The zero-order chi connectivity index (χ0) is 10.5. The van der Waals surface area contributed by atoms with Crippen molar-refractivity contribution in [2.75, 3.05) is 0 Å². The second-order valence-corrected chi connectivity index (χ2v) is 6.99. The van der Waals surface area contributed by atoms with E-state index in [0.29, 0.717) is 10.8 Å². The van der Waals surface area contributed by atoms with Crippen LogP contribution in [0.2, 0.25) is 0 Å². The van der Waals surface area contributed by atoms with Crippen LogP contribution in [0.4, 0.5) is 0 Å². The summed E-state index contributed by atoms with van der Waals surface area (Å²) in [5, 5.41) is 0. The standard InChI is InChI=1S/C12H25N/c1-10(2,3)8-12(6,13)9-7-11(9,4)5/h9H,7-8,13H2,1-6H3.